The minimum Gasteiger partial charge on any atom is -0.465 e. The number of carbonyl (C=O) groups is 1. The van der Waals surface area contributed by atoms with E-state index in [9.17, 15) is 4.79 Å². The van der Waals surface area contributed by atoms with Crippen LogP contribution in [0, 0.1) is 0 Å². The van der Waals surface area contributed by atoms with Crippen molar-refractivity contribution in [1.29, 1.82) is 0 Å². The first-order valence-corrected chi connectivity index (χ1v) is 11.1. The van der Waals surface area contributed by atoms with Gasteiger partial charge in [0.15, 0.2) is 17.3 Å². The van der Waals surface area contributed by atoms with E-state index in [2.05, 4.69) is 18.3 Å². The second-order valence-electron chi connectivity index (χ2n) is 7.29. The Hall–Kier alpha value is -3.65. The summed E-state index contributed by atoms with van der Waals surface area (Å²) in [4.78, 5) is 23.5. The highest BCUT2D eigenvalue weighted by Gasteiger charge is 2.16. The Balaban J connectivity index is 1.48. The van der Waals surface area contributed by atoms with E-state index in [1.54, 1.807) is 23.5 Å². The predicted molar refractivity (Wildman–Crippen MR) is 123 cm³/mol. The molecule has 3 heterocycles. The number of anilines is 1. The van der Waals surface area contributed by atoms with Crippen molar-refractivity contribution in [1.82, 2.24) is 9.97 Å². The smallest absolute Gasteiger partial charge is 0.337 e. The van der Waals surface area contributed by atoms with Gasteiger partial charge in [-0.3, -0.25) is 0 Å². The van der Waals surface area contributed by atoms with E-state index in [0.717, 1.165) is 45.1 Å². The summed E-state index contributed by atoms with van der Waals surface area (Å²) in [5.74, 6) is 2.53. The van der Waals surface area contributed by atoms with Crippen LogP contribution < -0.4 is 14.8 Å². The van der Waals surface area contributed by atoms with Crippen LogP contribution in [0.1, 0.15) is 27.7 Å². The Morgan fingerprint density at radius 3 is 2.69 bits per heavy atom. The summed E-state index contributed by atoms with van der Waals surface area (Å²) in [6.45, 7) is 2.97. The van der Waals surface area contributed by atoms with Crippen molar-refractivity contribution in [3.05, 3.63) is 64.5 Å². The van der Waals surface area contributed by atoms with E-state index in [0.29, 0.717) is 17.9 Å². The molecular formula is C24H21N3O4S. The number of benzene rings is 2. The summed E-state index contributed by atoms with van der Waals surface area (Å²) in [7, 11) is 1.37. The zero-order chi connectivity index (χ0) is 22.1. The maximum atomic E-state index is 11.7. The van der Waals surface area contributed by atoms with Gasteiger partial charge < -0.3 is 19.5 Å². The number of esters is 1. The van der Waals surface area contributed by atoms with Gasteiger partial charge in [-0.25, -0.2) is 14.8 Å². The van der Waals surface area contributed by atoms with Gasteiger partial charge in [-0.2, -0.15) is 0 Å². The van der Waals surface area contributed by atoms with Crippen molar-refractivity contribution in [2.45, 2.75) is 19.9 Å². The fraction of sp³-hybridized carbons (Fsp3) is 0.208. The molecule has 0 fully saturated rings. The topological polar surface area (TPSA) is 82.6 Å². The van der Waals surface area contributed by atoms with Crippen LogP contribution in [0.25, 0.3) is 21.6 Å². The van der Waals surface area contributed by atoms with E-state index >= 15 is 0 Å². The number of nitrogens with zero attached hydrogens (tertiary/aromatic N) is 2. The molecule has 0 atom stereocenters. The van der Waals surface area contributed by atoms with E-state index in [1.807, 2.05) is 30.3 Å². The van der Waals surface area contributed by atoms with Crippen LogP contribution in [0.5, 0.6) is 11.5 Å². The second-order valence-corrected chi connectivity index (χ2v) is 8.41. The highest BCUT2D eigenvalue weighted by atomic mass is 32.1. The number of ether oxygens (including phenoxy) is 3. The SMILES string of the molecule is CCc1cc2c(NCc3ccc4c(c3)OCO4)nc(-c3ccc(C(=O)OC)cc3)nc2s1. The fourth-order valence-corrected chi connectivity index (χ4v) is 4.49. The molecule has 2 aromatic carbocycles. The van der Waals surface area contributed by atoms with Crippen LogP contribution >= 0.6 is 11.3 Å². The van der Waals surface area contributed by atoms with Crippen molar-refractivity contribution in [2.75, 3.05) is 19.2 Å². The third-order valence-corrected chi connectivity index (χ3v) is 6.43. The molecule has 0 radical (unpaired) electrons. The molecule has 0 amide bonds. The lowest BCUT2D eigenvalue weighted by molar-refractivity contribution is 0.0600. The maximum absolute atomic E-state index is 11.7. The number of fused-ring (bicyclic) bond motifs is 2. The van der Waals surface area contributed by atoms with E-state index in [4.69, 9.17) is 24.2 Å². The lowest BCUT2D eigenvalue weighted by Crippen LogP contribution is -2.04. The van der Waals surface area contributed by atoms with Gasteiger partial charge in [0, 0.05) is 17.0 Å². The van der Waals surface area contributed by atoms with Crippen molar-refractivity contribution in [3.63, 3.8) is 0 Å². The molecule has 0 bridgehead atoms. The molecule has 0 aliphatic carbocycles. The highest BCUT2D eigenvalue weighted by Crippen LogP contribution is 2.34. The molecule has 4 aromatic rings. The zero-order valence-electron chi connectivity index (χ0n) is 17.7. The van der Waals surface area contributed by atoms with Gasteiger partial charge in [0.25, 0.3) is 0 Å². The number of rotatable bonds is 6. The summed E-state index contributed by atoms with van der Waals surface area (Å²) in [6, 6.07) is 15.2. The van der Waals surface area contributed by atoms with Gasteiger partial charge in [0.1, 0.15) is 10.6 Å². The van der Waals surface area contributed by atoms with Crippen LogP contribution in [-0.2, 0) is 17.7 Å². The third-order valence-electron chi connectivity index (χ3n) is 5.25. The summed E-state index contributed by atoms with van der Waals surface area (Å²) < 4.78 is 15.7. The number of carbonyl (C=O) groups excluding carboxylic acids is 1. The molecule has 0 unspecified atom stereocenters. The standard InChI is InChI=1S/C24H21N3O4S/c1-3-17-11-18-22(25-12-14-4-9-19-20(10-14)31-13-30-19)26-21(27-23(18)32-17)15-5-7-16(8-6-15)24(28)29-2/h4-11H,3,12-13H2,1-2H3,(H,25,26,27). The van der Waals surface area contributed by atoms with Crippen LogP contribution in [-0.4, -0.2) is 29.8 Å². The predicted octanol–water partition coefficient (Wildman–Crippen LogP) is 5.05. The Bertz CT molecular complexity index is 1300. The summed E-state index contributed by atoms with van der Waals surface area (Å²) in [5, 5.41) is 4.47. The number of aryl methyl sites for hydroxylation is 1. The normalized spacial score (nSPS) is 12.2. The average molecular weight is 448 g/mol. The maximum Gasteiger partial charge on any atom is 0.337 e. The highest BCUT2D eigenvalue weighted by molar-refractivity contribution is 7.18. The number of thiophene rings is 1. The zero-order valence-corrected chi connectivity index (χ0v) is 18.5. The van der Waals surface area contributed by atoms with Crippen LogP contribution in [0.15, 0.2) is 48.5 Å². The molecule has 7 nitrogen and oxygen atoms in total. The van der Waals surface area contributed by atoms with Gasteiger partial charge in [-0.15, -0.1) is 11.3 Å². The summed E-state index contributed by atoms with van der Waals surface area (Å²) in [6.07, 6.45) is 0.936. The van der Waals surface area contributed by atoms with Gasteiger partial charge in [-0.05, 0) is 42.3 Å². The molecule has 2 aromatic heterocycles. The molecule has 5 rings (SSSR count). The second kappa shape index (κ2) is 8.47. The minimum atomic E-state index is -0.371. The molecule has 8 heteroatoms. The Kier molecular flexibility index (Phi) is 5.36. The van der Waals surface area contributed by atoms with Gasteiger partial charge in [-0.1, -0.05) is 25.1 Å². The van der Waals surface area contributed by atoms with E-state index in [1.165, 1.54) is 12.0 Å². The number of hydrogen-bond acceptors (Lipinski definition) is 8. The minimum absolute atomic E-state index is 0.256. The monoisotopic (exact) mass is 447 g/mol. The fourth-order valence-electron chi connectivity index (χ4n) is 3.52. The third kappa shape index (κ3) is 3.85. The first-order valence-electron chi connectivity index (χ1n) is 10.3. The van der Waals surface area contributed by atoms with Crippen LogP contribution in [0.3, 0.4) is 0 Å². The lowest BCUT2D eigenvalue weighted by Gasteiger charge is -2.10. The van der Waals surface area contributed by atoms with Crippen LogP contribution in [0.4, 0.5) is 5.82 Å². The molecule has 0 saturated carbocycles. The van der Waals surface area contributed by atoms with Gasteiger partial charge in [0.05, 0.1) is 18.1 Å². The Morgan fingerprint density at radius 1 is 1.09 bits per heavy atom. The summed E-state index contributed by atoms with van der Waals surface area (Å²) in [5.41, 5.74) is 2.39. The molecule has 0 saturated heterocycles. The molecule has 1 aliphatic heterocycles. The van der Waals surface area contributed by atoms with E-state index in [-0.39, 0.29) is 12.8 Å². The molecule has 1 N–H and O–H groups in total. The molecule has 0 spiro atoms. The van der Waals surface area contributed by atoms with Gasteiger partial charge in [0.2, 0.25) is 6.79 Å². The molecule has 162 valence electrons. The Morgan fingerprint density at radius 2 is 1.91 bits per heavy atom. The van der Waals surface area contributed by atoms with Crippen molar-refractivity contribution >= 4 is 33.3 Å². The number of nitrogens with one attached hydrogen (secondary N) is 1. The molecule has 32 heavy (non-hydrogen) atoms. The first kappa shape index (κ1) is 20.3. The van der Waals surface area contributed by atoms with Crippen molar-refractivity contribution in [2.24, 2.45) is 0 Å². The van der Waals surface area contributed by atoms with Crippen molar-refractivity contribution in [3.8, 4) is 22.9 Å². The Labute approximate surface area is 189 Å². The van der Waals surface area contributed by atoms with Gasteiger partial charge >= 0.3 is 5.97 Å². The number of hydrogen-bond donors (Lipinski definition) is 1. The largest absolute Gasteiger partial charge is 0.465 e. The van der Waals surface area contributed by atoms with Crippen molar-refractivity contribution < 1.29 is 19.0 Å². The molecule has 1 aliphatic rings. The van der Waals surface area contributed by atoms with E-state index < -0.39 is 0 Å². The number of methoxy groups -OCH3 is 1. The lowest BCUT2D eigenvalue weighted by atomic mass is 10.1. The molecular weight excluding hydrogens is 426 g/mol. The van der Waals surface area contributed by atoms with Crippen LogP contribution in [0.2, 0.25) is 0 Å². The summed E-state index contributed by atoms with van der Waals surface area (Å²) >= 11 is 1.67. The first-order chi connectivity index (χ1) is 15.6. The quantitative estimate of drug-likeness (QED) is 0.414. The average Bonchev–Trinajstić information content (AvgIpc) is 3.48. The number of aromatic nitrogens is 2.